The second-order valence-corrected chi connectivity index (χ2v) is 3.98. The first kappa shape index (κ1) is 10.2. The highest BCUT2D eigenvalue weighted by Crippen LogP contribution is 2.24. The van der Waals surface area contributed by atoms with Crippen molar-refractivity contribution in [2.45, 2.75) is 6.92 Å². The van der Waals surface area contributed by atoms with Gasteiger partial charge in [-0.05, 0) is 34.1 Å². The smallest absolute Gasteiger partial charge is 0.177 e. The van der Waals surface area contributed by atoms with E-state index in [1.165, 1.54) is 6.92 Å². The molecule has 2 aromatic rings. The summed E-state index contributed by atoms with van der Waals surface area (Å²) in [5, 5.41) is 4.20. The van der Waals surface area contributed by atoms with E-state index in [1.54, 1.807) is 29.9 Å². The second kappa shape index (κ2) is 3.66. The van der Waals surface area contributed by atoms with Crippen molar-refractivity contribution >= 4 is 21.7 Å². The highest BCUT2D eigenvalue weighted by molar-refractivity contribution is 9.10. The largest absolute Gasteiger partial charge is 0.448 e. The van der Waals surface area contributed by atoms with Crippen LogP contribution in [0.25, 0.3) is 11.5 Å². The van der Waals surface area contributed by atoms with Gasteiger partial charge in [-0.1, -0.05) is 0 Å². The van der Waals surface area contributed by atoms with Crippen LogP contribution in [0.3, 0.4) is 0 Å². The standard InChI is InChI=1S/C10H9BrN2O2/c1-6(14)8-5-7(12-13(8)2)9-3-4-10(11)15-9/h3-5H,1-2H3. The molecule has 0 radical (unpaired) electrons. The topological polar surface area (TPSA) is 48.0 Å². The van der Waals surface area contributed by atoms with Crippen LogP contribution in [-0.4, -0.2) is 15.6 Å². The first-order chi connectivity index (χ1) is 7.08. The van der Waals surface area contributed by atoms with Crippen LogP contribution in [0.1, 0.15) is 17.4 Å². The average molecular weight is 269 g/mol. The summed E-state index contributed by atoms with van der Waals surface area (Å²) >= 11 is 3.22. The molecular formula is C10H9BrN2O2. The third kappa shape index (κ3) is 1.87. The van der Waals surface area contributed by atoms with Gasteiger partial charge in [-0.3, -0.25) is 9.48 Å². The SMILES string of the molecule is CC(=O)c1cc(-c2ccc(Br)o2)nn1C. The van der Waals surface area contributed by atoms with Crippen molar-refractivity contribution in [3.05, 3.63) is 28.6 Å². The fraction of sp³-hybridized carbons (Fsp3) is 0.200. The molecule has 0 aromatic carbocycles. The predicted molar refractivity (Wildman–Crippen MR) is 58.6 cm³/mol. The molecule has 2 rings (SSSR count). The van der Waals surface area contributed by atoms with E-state index in [0.29, 0.717) is 21.8 Å². The molecule has 15 heavy (non-hydrogen) atoms. The quantitative estimate of drug-likeness (QED) is 0.787. The number of halogens is 1. The minimum Gasteiger partial charge on any atom is -0.448 e. The molecule has 0 saturated heterocycles. The van der Waals surface area contributed by atoms with Crippen molar-refractivity contribution in [2.75, 3.05) is 0 Å². The molecule has 0 saturated carbocycles. The number of nitrogens with zero attached hydrogens (tertiary/aromatic N) is 2. The molecule has 0 spiro atoms. The number of hydrogen-bond donors (Lipinski definition) is 0. The van der Waals surface area contributed by atoms with Crippen LogP contribution in [0.4, 0.5) is 0 Å². The van der Waals surface area contributed by atoms with Crippen molar-refractivity contribution in [3.8, 4) is 11.5 Å². The minimum absolute atomic E-state index is 0.0122. The van der Waals surface area contributed by atoms with Gasteiger partial charge in [0.25, 0.3) is 0 Å². The van der Waals surface area contributed by atoms with Gasteiger partial charge in [0.05, 0.1) is 0 Å². The molecule has 0 amide bonds. The number of Topliss-reactive ketones (excluding diaryl/α,β-unsaturated/α-hetero) is 1. The maximum atomic E-state index is 11.2. The fourth-order valence-corrected chi connectivity index (χ4v) is 1.68. The zero-order chi connectivity index (χ0) is 11.0. The first-order valence-corrected chi connectivity index (χ1v) is 5.18. The van der Waals surface area contributed by atoms with Crippen molar-refractivity contribution in [1.82, 2.24) is 9.78 Å². The molecule has 0 atom stereocenters. The monoisotopic (exact) mass is 268 g/mol. The number of rotatable bonds is 2. The van der Waals surface area contributed by atoms with E-state index in [0.717, 1.165) is 0 Å². The number of ketones is 1. The van der Waals surface area contributed by atoms with Gasteiger partial charge in [0.15, 0.2) is 16.2 Å². The summed E-state index contributed by atoms with van der Waals surface area (Å²) in [5.74, 6) is 0.631. The van der Waals surface area contributed by atoms with Gasteiger partial charge in [-0.25, -0.2) is 0 Å². The van der Waals surface area contributed by atoms with Crippen LogP contribution in [0.15, 0.2) is 27.3 Å². The van der Waals surface area contributed by atoms with Gasteiger partial charge in [0.2, 0.25) is 0 Å². The van der Waals surface area contributed by atoms with Crippen LogP contribution < -0.4 is 0 Å². The third-order valence-corrected chi connectivity index (χ3v) is 2.49. The highest BCUT2D eigenvalue weighted by atomic mass is 79.9. The first-order valence-electron chi connectivity index (χ1n) is 4.38. The Bertz CT molecular complexity index is 513. The van der Waals surface area contributed by atoms with Crippen LogP contribution in [0.5, 0.6) is 0 Å². The lowest BCUT2D eigenvalue weighted by atomic mass is 10.2. The molecule has 0 N–H and O–H groups in total. The molecule has 0 unspecified atom stereocenters. The van der Waals surface area contributed by atoms with E-state index in [2.05, 4.69) is 21.0 Å². The maximum Gasteiger partial charge on any atom is 0.177 e. The van der Waals surface area contributed by atoms with Crippen molar-refractivity contribution in [1.29, 1.82) is 0 Å². The molecule has 2 heterocycles. The Hall–Kier alpha value is -1.36. The number of furan rings is 1. The van der Waals surface area contributed by atoms with E-state index < -0.39 is 0 Å². The van der Waals surface area contributed by atoms with Crippen molar-refractivity contribution in [2.24, 2.45) is 7.05 Å². The summed E-state index contributed by atoms with van der Waals surface area (Å²) in [6.07, 6.45) is 0. The molecule has 78 valence electrons. The third-order valence-electron chi connectivity index (χ3n) is 2.07. The van der Waals surface area contributed by atoms with E-state index >= 15 is 0 Å². The summed E-state index contributed by atoms with van der Waals surface area (Å²) in [6.45, 7) is 1.51. The van der Waals surface area contributed by atoms with Gasteiger partial charge in [-0.2, -0.15) is 5.10 Å². The predicted octanol–water partition coefficient (Wildman–Crippen LogP) is 2.65. The Balaban J connectivity index is 2.46. The van der Waals surface area contributed by atoms with Crippen LogP contribution in [0, 0.1) is 0 Å². The normalized spacial score (nSPS) is 10.6. The number of carbonyl (C=O) groups is 1. The van der Waals surface area contributed by atoms with E-state index in [-0.39, 0.29) is 5.78 Å². The van der Waals surface area contributed by atoms with Gasteiger partial charge in [-0.15, -0.1) is 0 Å². The fourth-order valence-electron chi connectivity index (χ4n) is 1.37. The van der Waals surface area contributed by atoms with Crippen LogP contribution in [0.2, 0.25) is 0 Å². The summed E-state index contributed by atoms with van der Waals surface area (Å²) < 4.78 is 7.54. The van der Waals surface area contributed by atoms with E-state index in [9.17, 15) is 4.79 Å². The lowest BCUT2D eigenvalue weighted by molar-refractivity contribution is 0.100. The van der Waals surface area contributed by atoms with Gasteiger partial charge < -0.3 is 4.42 Å². The highest BCUT2D eigenvalue weighted by Gasteiger charge is 2.12. The lowest BCUT2D eigenvalue weighted by Crippen LogP contribution is -2.02. The Labute approximate surface area is 95.0 Å². The van der Waals surface area contributed by atoms with Gasteiger partial charge in [0, 0.05) is 14.0 Å². The van der Waals surface area contributed by atoms with E-state index in [4.69, 9.17) is 4.42 Å². The summed E-state index contributed by atoms with van der Waals surface area (Å²) in [6, 6.07) is 5.31. The average Bonchev–Trinajstić information content (AvgIpc) is 2.71. The Morgan fingerprint density at radius 3 is 2.73 bits per heavy atom. The van der Waals surface area contributed by atoms with Gasteiger partial charge >= 0.3 is 0 Å². The molecule has 4 nitrogen and oxygen atoms in total. The number of carbonyl (C=O) groups excluding carboxylic acids is 1. The molecule has 0 fully saturated rings. The number of aryl methyl sites for hydroxylation is 1. The lowest BCUT2D eigenvalue weighted by Gasteiger charge is -1.92. The number of hydrogen-bond acceptors (Lipinski definition) is 3. The number of aromatic nitrogens is 2. The molecule has 5 heteroatoms. The maximum absolute atomic E-state index is 11.2. The summed E-state index contributed by atoms with van der Waals surface area (Å²) in [5.41, 5.74) is 1.23. The molecule has 2 aromatic heterocycles. The van der Waals surface area contributed by atoms with Crippen LogP contribution >= 0.6 is 15.9 Å². The molecule has 0 aliphatic carbocycles. The zero-order valence-electron chi connectivity index (χ0n) is 8.32. The molecule has 0 bridgehead atoms. The van der Waals surface area contributed by atoms with Crippen molar-refractivity contribution in [3.63, 3.8) is 0 Å². The molecule has 0 aliphatic rings. The Morgan fingerprint density at radius 1 is 1.53 bits per heavy atom. The van der Waals surface area contributed by atoms with E-state index in [1.807, 2.05) is 0 Å². The summed E-state index contributed by atoms with van der Waals surface area (Å²) in [4.78, 5) is 11.2. The minimum atomic E-state index is -0.0122. The van der Waals surface area contributed by atoms with Gasteiger partial charge in [0.1, 0.15) is 11.4 Å². The van der Waals surface area contributed by atoms with Crippen molar-refractivity contribution < 1.29 is 9.21 Å². The Morgan fingerprint density at radius 2 is 2.27 bits per heavy atom. The second-order valence-electron chi connectivity index (χ2n) is 3.20. The Kier molecular flexibility index (Phi) is 2.48. The molecule has 0 aliphatic heterocycles. The van der Waals surface area contributed by atoms with Crippen LogP contribution in [-0.2, 0) is 7.05 Å². The zero-order valence-corrected chi connectivity index (χ0v) is 9.91. The summed E-state index contributed by atoms with van der Waals surface area (Å²) in [7, 11) is 1.73. The molecular weight excluding hydrogens is 260 g/mol.